The lowest BCUT2D eigenvalue weighted by Gasteiger charge is -2.11. The lowest BCUT2D eigenvalue weighted by molar-refractivity contribution is 0.00491. The Labute approximate surface area is 67.0 Å². The predicted octanol–water partition coefficient (Wildman–Crippen LogP) is 3.43. The summed E-state index contributed by atoms with van der Waals surface area (Å²) in [6, 6.07) is 0. The number of hydrogen-bond donors (Lipinski definition) is 0. The average molecular weight is 161 g/mol. The molecule has 2 heteroatoms. The Morgan fingerprint density at radius 2 is 2.09 bits per heavy atom. The molecular weight excluding hydrogens is 146 g/mol. The molecule has 1 radical (unpaired) electrons. The van der Waals surface area contributed by atoms with Gasteiger partial charge in [-0.2, -0.15) is 0 Å². The molecule has 0 spiro atoms. The van der Waals surface area contributed by atoms with Crippen LogP contribution < -0.4 is 0 Å². The van der Waals surface area contributed by atoms with Crippen molar-refractivity contribution in [1.29, 1.82) is 0 Å². The minimum atomic E-state index is -2.36. The van der Waals surface area contributed by atoms with Gasteiger partial charge in [-0.3, -0.25) is 0 Å². The smallest absolute Gasteiger partial charge is 0.207 e. The van der Waals surface area contributed by atoms with Gasteiger partial charge in [0.05, 0.1) is 0 Å². The van der Waals surface area contributed by atoms with Crippen molar-refractivity contribution in [3.05, 3.63) is 5.92 Å². The maximum absolute atomic E-state index is 12.6. The van der Waals surface area contributed by atoms with Crippen LogP contribution in [-0.2, 0) is 0 Å². The van der Waals surface area contributed by atoms with E-state index < -0.39 is 5.92 Å². The molecule has 0 saturated heterocycles. The van der Waals surface area contributed by atoms with Crippen LogP contribution in [0.5, 0.6) is 0 Å². The van der Waals surface area contributed by atoms with E-state index in [2.05, 4.69) is 0 Å². The largest absolute Gasteiger partial charge is 0.248 e. The standard InChI is InChI=1S/C9H15F2/c1-7(2)5-8-3-4-9(10,11)6-8/h8H,3-6H2,1-2H3. The first-order valence-electron chi connectivity index (χ1n) is 4.16. The summed E-state index contributed by atoms with van der Waals surface area (Å²) in [5.74, 6) is -0.845. The van der Waals surface area contributed by atoms with Crippen LogP contribution in [0.3, 0.4) is 0 Å². The van der Waals surface area contributed by atoms with Crippen molar-refractivity contribution in [2.75, 3.05) is 0 Å². The van der Waals surface area contributed by atoms with E-state index in [1.54, 1.807) is 0 Å². The molecule has 0 heterocycles. The monoisotopic (exact) mass is 161 g/mol. The zero-order valence-corrected chi connectivity index (χ0v) is 7.16. The number of rotatable bonds is 2. The van der Waals surface area contributed by atoms with Gasteiger partial charge >= 0.3 is 0 Å². The van der Waals surface area contributed by atoms with Crippen molar-refractivity contribution < 1.29 is 8.78 Å². The van der Waals surface area contributed by atoms with E-state index in [4.69, 9.17) is 0 Å². The maximum Gasteiger partial charge on any atom is 0.248 e. The number of alkyl halides is 2. The van der Waals surface area contributed by atoms with Gasteiger partial charge in [0, 0.05) is 12.8 Å². The summed E-state index contributed by atoms with van der Waals surface area (Å²) in [6.45, 7) is 4.02. The van der Waals surface area contributed by atoms with Crippen molar-refractivity contribution >= 4 is 0 Å². The molecule has 0 aromatic carbocycles. The van der Waals surface area contributed by atoms with Crippen molar-refractivity contribution in [3.63, 3.8) is 0 Å². The molecule has 1 saturated carbocycles. The third-order valence-electron chi connectivity index (χ3n) is 2.20. The van der Waals surface area contributed by atoms with E-state index in [1.807, 2.05) is 13.8 Å². The lowest BCUT2D eigenvalue weighted by atomic mass is 9.96. The molecule has 0 amide bonds. The third-order valence-corrected chi connectivity index (χ3v) is 2.20. The molecule has 0 aromatic heterocycles. The second-order valence-electron chi connectivity index (χ2n) is 3.88. The fourth-order valence-corrected chi connectivity index (χ4v) is 1.79. The van der Waals surface area contributed by atoms with Crippen LogP contribution in [0.2, 0.25) is 0 Å². The quantitative estimate of drug-likeness (QED) is 0.582. The highest BCUT2D eigenvalue weighted by Gasteiger charge is 2.39. The highest BCUT2D eigenvalue weighted by molar-refractivity contribution is 4.88. The van der Waals surface area contributed by atoms with Crippen LogP contribution in [0.1, 0.15) is 39.5 Å². The minimum absolute atomic E-state index is 0.102. The van der Waals surface area contributed by atoms with E-state index >= 15 is 0 Å². The highest BCUT2D eigenvalue weighted by Crippen LogP contribution is 2.41. The summed E-state index contributed by atoms with van der Waals surface area (Å²) in [4.78, 5) is 0. The predicted molar refractivity (Wildman–Crippen MR) is 41.5 cm³/mol. The molecule has 1 fully saturated rings. The Hall–Kier alpha value is -0.140. The molecule has 0 bridgehead atoms. The summed E-state index contributed by atoms with van der Waals surface area (Å²) in [5.41, 5.74) is 0. The molecule has 65 valence electrons. The van der Waals surface area contributed by atoms with Gasteiger partial charge in [0.2, 0.25) is 5.92 Å². The van der Waals surface area contributed by atoms with Crippen LogP contribution in [0.4, 0.5) is 8.78 Å². The molecule has 1 rings (SSSR count). The van der Waals surface area contributed by atoms with E-state index in [-0.39, 0.29) is 18.8 Å². The Kier molecular flexibility index (Phi) is 2.50. The molecule has 1 unspecified atom stereocenters. The molecule has 0 N–H and O–H groups in total. The van der Waals surface area contributed by atoms with Gasteiger partial charge < -0.3 is 0 Å². The Morgan fingerprint density at radius 3 is 2.45 bits per heavy atom. The fraction of sp³-hybridized carbons (Fsp3) is 0.889. The second-order valence-corrected chi connectivity index (χ2v) is 3.88. The first kappa shape index (κ1) is 8.95. The highest BCUT2D eigenvalue weighted by atomic mass is 19.3. The molecule has 11 heavy (non-hydrogen) atoms. The van der Waals surface area contributed by atoms with Gasteiger partial charge in [-0.15, -0.1) is 0 Å². The fourth-order valence-electron chi connectivity index (χ4n) is 1.79. The minimum Gasteiger partial charge on any atom is -0.207 e. The van der Waals surface area contributed by atoms with Gasteiger partial charge in [0.1, 0.15) is 0 Å². The summed E-state index contributed by atoms with van der Waals surface area (Å²) in [6.07, 6.45) is 1.80. The maximum atomic E-state index is 12.6. The molecule has 1 aliphatic rings. The van der Waals surface area contributed by atoms with Gasteiger partial charge in [0.15, 0.2) is 0 Å². The zero-order valence-electron chi connectivity index (χ0n) is 7.16. The van der Waals surface area contributed by atoms with Crippen LogP contribution >= 0.6 is 0 Å². The van der Waals surface area contributed by atoms with Gasteiger partial charge in [-0.25, -0.2) is 8.78 Å². The van der Waals surface area contributed by atoms with Crippen molar-refractivity contribution in [2.45, 2.75) is 45.5 Å². The first-order chi connectivity index (χ1) is 4.99. The zero-order chi connectivity index (χ0) is 8.48. The topological polar surface area (TPSA) is 0 Å². The molecule has 1 atom stereocenters. The average Bonchev–Trinajstić information content (AvgIpc) is 2.08. The van der Waals surface area contributed by atoms with Gasteiger partial charge in [-0.05, 0) is 24.7 Å². The molecule has 1 aliphatic carbocycles. The Balaban J connectivity index is 2.31. The van der Waals surface area contributed by atoms with Crippen LogP contribution in [0.25, 0.3) is 0 Å². The van der Waals surface area contributed by atoms with E-state index in [0.717, 1.165) is 6.42 Å². The lowest BCUT2D eigenvalue weighted by Crippen LogP contribution is -2.10. The normalized spacial score (nSPS) is 29.7. The van der Waals surface area contributed by atoms with Gasteiger partial charge in [-0.1, -0.05) is 13.8 Å². The summed E-state index contributed by atoms with van der Waals surface area (Å²) >= 11 is 0. The SMILES string of the molecule is C[C](C)CC1CCC(F)(F)C1. The molecular formula is C9H15F2. The van der Waals surface area contributed by atoms with Crippen LogP contribution in [0.15, 0.2) is 0 Å². The Morgan fingerprint density at radius 1 is 1.45 bits per heavy atom. The first-order valence-corrected chi connectivity index (χ1v) is 4.16. The van der Waals surface area contributed by atoms with E-state index in [1.165, 1.54) is 5.92 Å². The van der Waals surface area contributed by atoms with Crippen LogP contribution in [-0.4, -0.2) is 5.92 Å². The summed E-state index contributed by atoms with van der Waals surface area (Å²) in [7, 11) is 0. The second kappa shape index (κ2) is 3.08. The number of hydrogen-bond acceptors (Lipinski definition) is 0. The van der Waals surface area contributed by atoms with Crippen molar-refractivity contribution in [2.24, 2.45) is 5.92 Å². The summed E-state index contributed by atoms with van der Waals surface area (Å²) in [5, 5.41) is 0. The Bertz CT molecular complexity index is 130. The molecule has 0 nitrogen and oxygen atoms in total. The summed E-state index contributed by atoms with van der Waals surface area (Å²) < 4.78 is 25.3. The molecule has 0 aliphatic heterocycles. The van der Waals surface area contributed by atoms with Gasteiger partial charge in [0.25, 0.3) is 0 Å². The number of halogens is 2. The third kappa shape index (κ3) is 2.76. The van der Waals surface area contributed by atoms with E-state index in [9.17, 15) is 8.78 Å². The molecule has 0 aromatic rings. The van der Waals surface area contributed by atoms with E-state index in [0.29, 0.717) is 6.42 Å². The van der Waals surface area contributed by atoms with Crippen LogP contribution in [0, 0.1) is 11.8 Å². The van der Waals surface area contributed by atoms with Crippen molar-refractivity contribution in [1.82, 2.24) is 0 Å². The van der Waals surface area contributed by atoms with Crippen molar-refractivity contribution in [3.8, 4) is 0 Å².